The Kier molecular flexibility index (Phi) is 3.82. The number of carbonyl (C=O) groups is 1. The summed E-state index contributed by atoms with van der Waals surface area (Å²) in [5.41, 5.74) is 1.95. The van der Waals surface area contributed by atoms with E-state index in [1.165, 1.54) is 0 Å². The second kappa shape index (κ2) is 5.91. The van der Waals surface area contributed by atoms with Gasteiger partial charge in [-0.05, 0) is 37.0 Å². The summed E-state index contributed by atoms with van der Waals surface area (Å²) < 4.78 is 5.77. The molecule has 0 unspecified atom stereocenters. The third kappa shape index (κ3) is 3.47. The molecular formula is C18H18O2. The van der Waals surface area contributed by atoms with E-state index in [2.05, 4.69) is 12.1 Å². The van der Waals surface area contributed by atoms with E-state index in [0.29, 0.717) is 12.5 Å². The molecule has 1 saturated carbocycles. The van der Waals surface area contributed by atoms with Crippen LogP contribution in [0.4, 0.5) is 0 Å². The molecule has 0 bridgehead atoms. The van der Waals surface area contributed by atoms with Gasteiger partial charge in [-0.2, -0.15) is 0 Å². The van der Waals surface area contributed by atoms with Gasteiger partial charge in [0.15, 0.2) is 5.78 Å². The highest BCUT2D eigenvalue weighted by Gasteiger charge is 2.23. The first-order chi connectivity index (χ1) is 9.81. The Hall–Kier alpha value is -2.09. The molecule has 0 saturated heterocycles. The van der Waals surface area contributed by atoms with Crippen molar-refractivity contribution in [3.8, 4) is 5.75 Å². The molecule has 0 aliphatic heterocycles. The molecule has 0 N–H and O–H groups in total. The average Bonchev–Trinajstić information content (AvgIpc) is 3.30. The Balaban J connectivity index is 1.59. The van der Waals surface area contributed by atoms with Crippen molar-refractivity contribution < 1.29 is 9.53 Å². The van der Waals surface area contributed by atoms with Gasteiger partial charge in [-0.25, -0.2) is 0 Å². The number of aryl methyl sites for hydroxylation is 1. The lowest BCUT2D eigenvalue weighted by Gasteiger charge is -2.07. The molecule has 0 atom stereocenters. The van der Waals surface area contributed by atoms with Crippen molar-refractivity contribution in [2.24, 2.45) is 0 Å². The van der Waals surface area contributed by atoms with Crippen LogP contribution in [0.2, 0.25) is 0 Å². The predicted molar refractivity (Wildman–Crippen MR) is 79.2 cm³/mol. The van der Waals surface area contributed by atoms with E-state index in [1.54, 1.807) is 0 Å². The fourth-order valence-corrected chi connectivity index (χ4v) is 2.18. The number of benzene rings is 2. The third-order valence-corrected chi connectivity index (χ3v) is 3.46. The van der Waals surface area contributed by atoms with Gasteiger partial charge in [0.1, 0.15) is 5.75 Å². The SMILES string of the molecule is O=C(CCc1cccc(OC2CC2)c1)c1ccccc1. The summed E-state index contributed by atoms with van der Waals surface area (Å²) in [6, 6.07) is 17.6. The van der Waals surface area contributed by atoms with Gasteiger partial charge in [0.2, 0.25) is 0 Å². The lowest BCUT2D eigenvalue weighted by atomic mass is 10.0. The monoisotopic (exact) mass is 266 g/mol. The molecule has 2 aromatic carbocycles. The summed E-state index contributed by atoms with van der Waals surface area (Å²) in [6.07, 6.45) is 4.04. The molecule has 0 radical (unpaired) electrons. The quantitative estimate of drug-likeness (QED) is 0.737. The summed E-state index contributed by atoms with van der Waals surface area (Å²) in [7, 11) is 0. The third-order valence-electron chi connectivity index (χ3n) is 3.46. The van der Waals surface area contributed by atoms with Crippen LogP contribution in [0.3, 0.4) is 0 Å². The van der Waals surface area contributed by atoms with Crippen molar-refractivity contribution in [1.82, 2.24) is 0 Å². The van der Waals surface area contributed by atoms with Crippen molar-refractivity contribution in [2.75, 3.05) is 0 Å². The summed E-state index contributed by atoms with van der Waals surface area (Å²) in [4.78, 5) is 12.1. The highest BCUT2D eigenvalue weighted by Crippen LogP contribution is 2.27. The average molecular weight is 266 g/mol. The molecule has 0 aromatic heterocycles. The number of ether oxygens (including phenoxy) is 1. The van der Waals surface area contributed by atoms with Gasteiger partial charge >= 0.3 is 0 Å². The van der Waals surface area contributed by atoms with E-state index >= 15 is 0 Å². The van der Waals surface area contributed by atoms with Crippen LogP contribution in [0, 0.1) is 0 Å². The van der Waals surface area contributed by atoms with Crippen LogP contribution >= 0.6 is 0 Å². The maximum Gasteiger partial charge on any atom is 0.163 e. The molecule has 0 amide bonds. The number of hydrogen-bond donors (Lipinski definition) is 0. The Labute approximate surface area is 119 Å². The van der Waals surface area contributed by atoms with Gasteiger partial charge in [0, 0.05) is 12.0 Å². The minimum Gasteiger partial charge on any atom is -0.490 e. The first-order valence-corrected chi connectivity index (χ1v) is 7.15. The number of Topliss-reactive ketones (excluding diaryl/α,β-unsaturated/α-hetero) is 1. The molecule has 20 heavy (non-hydrogen) atoms. The summed E-state index contributed by atoms with van der Waals surface area (Å²) >= 11 is 0. The minimum atomic E-state index is 0.194. The van der Waals surface area contributed by atoms with Gasteiger partial charge in [-0.3, -0.25) is 4.79 Å². The maximum absolute atomic E-state index is 12.1. The van der Waals surface area contributed by atoms with Gasteiger partial charge < -0.3 is 4.74 Å². The van der Waals surface area contributed by atoms with E-state index < -0.39 is 0 Å². The number of ketones is 1. The molecule has 3 rings (SSSR count). The zero-order valence-corrected chi connectivity index (χ0v) is 11.4. The number of rotatable bonds is 6. The van der Waals surface area contributed by atoms with Crippen molar-refractivity contribution in [3.63, 3.8) is 0 Å². The van der Waals surface area contributed by atoms with Gasteiger partial charge in [0.25, 0.3) is 0 Å². The Morgan fingerprint density at radius 3 is 2.60 bits per heavy atom. The minimum absolute atomic E-state index is 0.194. The second-order valence-corrected chi connectivity index (χ2v) is 5.25. The van der Waals surface area contributed by atoms with E-state index in [-0.39, 0.29) is 5.78 Å². The molecule has 1 aliphatic rings. The Morgan fingerprint density at radius 2 is 1.85 bits per heavy atom. The largest absolute Gasteiger partial charge is 0.490 e. The zero-order valence-electron chi connectivity index (χ0n) is 11.4. The van der Waals surface area contributed by atoms with E-state index in [0.717, 1.165) is 36.1 Å². The molecule has 0 spiro atoms. The van der Waals surface area contributed by atoms with Crippen LogP contribution in [0.25, 0.3) is 0 Å². The summed E-state index contributed by atoms with van der Waals surface area (Å²) in [5.74, 6) is 1.12. The lowest BCUT2D eigenvalue weighted by molar-refractivity contribution is 0.0983. The van der Waals surface area contributed by atoms with E-state index in [4.69, 9.17) is 4.74 Å². The summed E-state index contributed by atoms with van der Waals surface area (Å²) in [5, 5.41) is 0. The lowest BCUT2D eigenvalue weighted by Crippen LogP contribution is -2.01. The molecule has 1 fully saturated rings. The first kappa shape index (κ1) is 12.9. The molecule has 2 aromatic rings. The molecule has 102 valence electrons. The topological polar surface area (TPSA) is 26.3 Å². The molecule has 2 nitrogen and oxygen atoms in total. The fraction of sp³-hybridized carbons (Fsp3) is 0.278. The maximum atomic E-state index is 12.1. The fourth-order valence-electron chi connectivity index (χ4n) is 2.18. The molecule has 1 aliphatic carbocycles. The van der Waals surface area contributed by atoms with Crippen molar-refractivity contribution in [2.45, 2.75) is 31.8 Å². The van der Waals surface area contributed by atoms with Crippen LogP contribution in [-0.2, 0) is 6.42 Å². The van der Waals surface area contributed by atoms with Crippen molar-refractivity contribution in [1.29, 1.82) is 0 Å². The van der Waals surface area contributed by atoms with Crippen molar-refractivity contribution in [3.05, 3.63) is 65.7 Å². The Morgan fingerprint density at radius 1 is 1.05 bits per heavy atom. The second-order valence-electron chi connectivity index (χ2n) is 5.25. The smallest absolute Gasteiger partial charge is 0.163 e. The van der Waals surface area contributed by atoms with Crippen LogP contribution in [0.5, 0.6) is 5.75 Å². The highest BCUT2D eigenvalue weighted by atomic mass is 16.5. The molecule has 0 heterocycles. The van der Waals surface area contributed by atoms with Gasteiger partial charge in [-0.15, -0.1) is 0 Å². The summed E-state index contributed by atoms with van der Waals surface area (Å²) in [6.45, 7) is 0. The number of carbonyl (C=O) groups excluding carboxylic acids is 1. The normalized spacial score (nSPS) is 14.0. The standard InChI is InChI=1S/C18H18O2/c19-18(15-6-2-1-3-7-15)12-9-14-5-4-8-17(13-14)20-16-10-11-16/h1-8,13,16H,9-12H2. The van der Waals surface area contributed by atoms with Crippen LogP contribution in [0.15, 0.2) is 54.6 Å². The molecular weight excluding hydrogens is 248 g/mol. The highest BCUT2D eigenvalue weighted by molar-refractivity contribution is 5.96. The first-order valence-electron chi connectivity index (χ1n) is 7.15. The van der Waals surface area contributed by atoms with Gasteiger partial charge in [-0.1, -0.05) is 42.5 Å². The van der Waals surface area contributed by atoms with Crippen molar-refractivity contribution >= 4 is 5.78 Å². The van der Waals surface area contributed by atoms with Crippen LogP contribution < -0.4 is 4.74 Å². The van der Waals surface area contributed by atoms with Crippen LogP contribution in [0.1, 0.15) is 35.2 Å². The molecule has 2 heteroatoms. The predicted octanol–water partition coefficient (Wildman–Crippen LogP) is 4.04. The van der Waals surface area contributed by atoms with Gasteiger partial charge in [0.05, 0.1) is 6.10 Å². The Bertz CT molecular complexity index is 585. The number of hydrogen-bond acceptors (Lipinski definition) is 2. The van der Waals surface area contributed by atoms with Crippen LogP contribution in [-0.4, -0.2) is 11.9 Å². The zero-order chi connectivity index (χ0) is 13.8. The van der Waals surface area contributed by atoms with E-state index in [9.17, 15) is 4.79 Å². The van der Waals surface area contributed by atoms with E-state index in [1.807, 2.05) is 42.5 Å².